The van der Waals surface area contributed by atoms with E-state index in [-0.39, 0.29) is 24.7 Å². The lowest BCUT2D eigenvalue weighted by molar-refractivity contribution is 0.204. The molecule has 1 rings (SSSR count). The SMILES string of the molecule is CCN(CC)C(C)CNC(=O)NC(CO)c1ccccc1. The zero-order valence-corrected chi connectivity index (χ0v) is 13.2. The van der Waals surface area contributed by atoms with Crippen molar-refractivity contribution in [3.63, 3.8) is 0 Å². The molecule has 0 spiro atoms. The third-order valence-electron chi connectivity index (χ3n) is 3.68. The van der Waals surface area contributed by atoms with Crippen LogP contribution in [0.5, 0.6) is 0 Å². The molecule has 21 heavy (non-hydrogen) atoms. The Morgan fingerprint density at radius 3 is 2.38 bits per heavy atom. The fourth-order valence-corrected chi connectivity index (χ4v) is 2.35. The summed E-state index contributed by atoms with van der Waals surface area (Å²) in [4.78, 5) is 14.2. The summed E-state index contributed by atoms with van der Waals surface area (Å²) in [5.41, 5.74) is 0.895. The minimum atomic E-state index is -0.380. The lowest BCUT2D eigenvalue weighted by Crippen LogP contribution is -2.46. The molecule has 0 aliphatic carbocycles. The standard InChI is InChI=1S/C16H27N3O2/c1-4-19(5-2)13(3)11-17-16(21)18-15(12-20)14-9-7-6-8-10-14/h6-10,13,15,20H,4-5,11-12H2,1-3H3,(H2,17,18,21). The number of nitrogens with zero attached hydrogens (tertiary/aromatic N) is 1. The largest absolute Gasteiger partial charge is 0.394 e. The van der Waals surface area contributed by atoms with Crippen LogP contribution < -0.4 is 10.6 Å². The zero-order chi connectivity index (χ0) is 15.7. The Bertz CT molecular complexity index is 407. The van der Waals surface area contributed by atoms with E-state index in [0.717, 1.165) is 18.7 Å². The molecule has 5 nitrogen and oxygen atoms in total. The van der Waals surface area contributed by atoms with Crippen molar-refractivity contribution in [3.05, 3.63) is 35.9 Å². The van der Waals surface area contributed by atoms with Crippen molar-refractivity contribution in [2.45, 2.75) is 32.9 Å². The van der Waals surface area contributed by atoms with E-state index in [0.29, 0.717) is 6.54 Å². The molecule has 2 amide bonds. The minimum Gasteiger partial charge on any atom is -0.394 e. The molecule has 1 aromatic carbocycles. The molecule has 1 aromatic rings. The van der Waals surface area contributed by atoms with Crippen LogP contribution in [0.25, 0.3) is 0 Å². The average Bonchev–Trinajstić information content (AvgIpc) is 2.52. The van der Waals surface area contributed by atoms with Gasteiger partial charge in [0.2, 0.25) is 0 Å². The van der Waals surface area contributed by atoms with Crippen LogP contribution in [0.1, 0.15) is 32.4 Å². The number of aliphatic hydroxyl groups excluding tert-OH is 1. The second kappa shape index (κ2) is 9.37. The topological polar surface area (TPSA) is 64.6 Å². The predicted octanol–water partition coefficient (Wildman–Crippen LogP) is 1.75. The Labute approximate surface area is 127 Å². The summed E-state index contributed by atoms with van der Waals surface area (Å²) in [5, 5.41) is 15.1. The molecule has 118 valence electrons. The molecule has 0 aromatic heterocycles. The third kappa shape index (κ3) is 5.73. The Kier molecular flexibility index (Phi) is 7.79. The van der Waals surface area contributed by atoms with Crippen molar-refractivity contribution < 1.29 is 9.90 Å². The normalized spacial score (nSPS) is 13.8. The quantitative estimate of drug-likeness (QED) is 0.684. The van der Waals surface area contributed by atoms with Crippen molar-refractivity contribution in [2.75, 3.05) is 26.2 Å². The van der Waals surface area contributed by atoms with E-state index >= 15 is 0 Å². The van der Waals surface area contributed by atoms with Gasteiger partial charge < -0.3 is 15.7 Å². The van der Waals surface area contributed by atoms with E-state index in [9.17, 15) is 9.90 Å². The summed E-state index contributed by atoms with van der Waals surface area (Å²) in [6, 6.07) is 9.12. The smallest absolute Gasteiger partial charge is 0.315 e. The molecule has 0 heterocycles. The Morgan fingerprint density at radius 1 is 1.24 bits per heavy atom. The average molecular weight is 293 g/mol. The van der Waals surface area contributed by atoms with Crippen molar-refractivity contribution in [1.82, 2.24) is 15.5 Å². The molecular weight excluding hydrogens is 266 g/mol. The Morgan fingerprint density at radius 2 is 1.86 bits per heavy atom. The van der Waals surface area contributed by atoms with Gasteiger partial charge in [-0.25, -0.2) is 4.79 Å². The number of aliphatic hydroxyl groups is 1. The molecule has 0 bridgehead atoms. The van der Waals surface area contributed by atoms with E-state index in [2.05, 4.69) is 36.3 Å². The van der Waals surface area contributed by atoms with Gasteiger partial charge in [-0.05, 0) is 25.6 Å². The summed E-state index contributed by atoms with van der Waals surface area (Å²) in [5.74, 6) is 0. The van der Waals surface area contributed by atoms with Crippen LogP contribution in [0.15, 0.2) is 30.3 Å². The second-order valence-electron chi connectivity index (χ2n) is 5.07. The highest BCUT2D eigenvalue weighted by Crippen LogP contribution is 2.11. The minimum absolute atomic E-state index is 0.122. The maximum atomic E-state index is 11.9. The molecule has 0 aliphatic heterocycles. The van der Waals surface area contributed by atoms with Gasteiger partial charge in [-0.3, -0.25) is 4.90 Å². The first-order chi connectivity index (χ1) is 10.1. The number of benzene rings is 1. The molecule has 2 atom stereocenters. The predicted molar refractivity (Wildman–Crippen MR) is 85.2 cm³/mol. The first kappa shape index (κ1) is 17.5. The first-order valence-corrected chi connectivity index (χ1v) is 7.56. The van der Waals surface area contributed by atoms with E-state index in [1.165, 1.54) is 0 Å². The molecule has 0 radical (unpaired) electrons. The molecule has 5 heteroatoms. The van der Waals surface area contributed by atoms with Crippen molar-refractivity contribution in [1.29, 1.82) is 0 Å². The van der Waals surface area contributed by atoms with E-state index in [1.54, 1.807) is 0 Å². The number of hydrogen-bond donors (Lipinski definition) is 3. The highest BCUT2D eigenvalue weighted by Gasteiger charge is 2.15. The van der Waals surface area contributed by atoms with Gasteiger partial charge in [-0.15, -0.1) is 0 Å². The Balaban J connectivity index is 2.45. The number of amides is 2. The fraction of sp³-hybridized carbons (Fsp3) is 0.562. The van der Waals surface area contributed by atoms with Crippen LogP contribution in [-0.2, 0) is 0 Å². The number of carbonyl (C=O) groups excluding carboxylic acids is 1. The lowest BCUT2D eigenvalue weighted by Gasteiger charge is -2.27. The summed E-state index contributed by atoms with van der Waals surface area (Å²) >= 11 is 0. The van der Waals surface area contributed by atoms with E-state index in [4.69, 9.17) is 0 Å². The molecule has 0 saturated carbocycles. The molecule has 0 aliphatic rings. The van der Waals surface area contributed by atoms with Crippen molar-refractivity contribution in [3.8, 4) is 0 Å². The van der Waals surface area contributed by atoms with Gasteiger partial charge in [-0.2, -0.15) is 0 Å². The summed E-state index contributed by atoms with van der Waals surface area (Å²) in [6.45, 7) is 8.69. The first-order valence-electron chi connectivity index (χ1n) is 7.56. The van der Waals surface area contributed by atoms with Crippen LogP contribution in [0.4, 0.5) is 4.79 Å². The summed E-state index contributed by atoms with van der Waals surface area (Å²) < 4.78 is 0. The van der Waals surface area contributed by atoms with Crippen LogP contribution in [0.2, 0.25) is 0 Å². The van der Waals surface area contributed by atoms with E-state index in [1.807, 2.05) is 30.3 Å². The van der Waals surface area contributed by atoms with Crippen molar-refractivity contribution in [2.24, 2.45) is 0 Å². The molecule has 3 N–H and O–H groups in total. The van der Waals surface area contributed by atoms with Gasteiger partial charge in [0.1, 0.15) is 0 Å². The highest BCUT2D eigenvalue weighted by atomic mass is 16.3. The monoisotopic (exact) mass is 293 g/mol. The van der Waals surface area contributed by atoms with Gasteiger partial charge in [0.15, 0.2) is 0 Å². The number of urea groups is 1. The summed E-state index contributed by atoms with van der Waals surface area (Å²) in [6.07, 6.45) is 0. The number of rotatable bonds is 8. The molecule has 0 saturated heterocycles. The van der Waals surface area contributed by atoms with Crippen LogP contribution >= 0.6 is 0 Å². The zero-order valence-electron chi connectivity index (χ0n) is 13.2. The van der Waals surface area contributed by atoms with Crippen LogP contribution in [0.3, 0.4) is 0 Å². The van der Waals surface area contributed by atoms with Gasteiger partial charge >= 0.3 is 6.03 Å². The van der Waals surface area contributed by atoms with Gasteiger partial charge in [0.05, 0.1) is 12.6 Å². The number of carbonyl (C=O) groups is 1. The maximum absolute atomic E-state index is 11.9. The number of hydrogen-bond acceptors (Lipinski definition) is 3. The maximum Gasteiger partial charge on any atom is 0.315 e. The van der Waals surface area contributed by atoms with Crippen molar-refractivity contribution >= 4 is 6.03 Å². The van der Waals surface area contributed by atoms with Crippen LogP contribution in [0, 0.1) is 0 Å². The highest BCUT2D eigenvalue weighted by molar-refractivity contribution is 5.74. The Hall–Kier alpha value is -1.59. The van der Waals surface area contributed by atoms with E-state index < -0.39 is 0 Å². The number of nitrogens with one attached hydrogen (secondary N) is 2. The molecular formula is C16H27N3O2. The van der Waals surface area contributed by atoms with Gasteiger partial charge in [0.25, 0.3) is 0 Å². The molecule has 2 unspecified atom stereocenters. The third-order valence-corrected chi connectivity index (χ3v) is 3.68. The lowest BCUT2D eigenvalue weighted by atomic mass is 10.1. The fourth-order valence-electron chi connectivity index (χ4n) is 2.35. The second-order valence-corrected chi connectivity index (χ2v) is 5.07. The van der Waals surface area contributed by atoms with Crippen LogP contribution in [-0.4, -0.2) is 48.3 Å². The summed E-state index contributed by atoms with van der Waals surface area (Å²) in [7, 11) is 0. The van der Waals surface area contributed by atoms with Gasteiger partial charge in [-0.1, -0.05) is 44.2 Å². The molecule has 0 fully saturated rings. The number of likely N-dealkylation sites (N-methyl/N-ethyl adjacent to an activating group) is 1. The van der Waals surface area contributed by atoms with Gasteiger partial charge in [0, 0.05) is 12.6 Å².